The quantitative estimate of drug-likeness (QED) is 0.768. The van der Waals surface area contributed by atoms with Crippen LogP contribution in [0.3, 0.4) is 0 Å². The van der Waals surface area contributed by atoms with Gasteiger partial charge in [-0.05, 0) is 60.9 Å². The fourth-order valence-electron chi connectivity index (χ4n) is 4.88. The molecule has 2 heterocycles. The van der Waals surface area contributed by atoms with Gasteiger partial charge in [-0.25, -0.2) is 8.78 Å². The van der Waals surface area contributed by atoms with Crippen LogP contribution in [0.5, 0.6) is 0 Å². The summed E-state index contributed by atoms with van der Waals surface area (Å²) in [6.07, 6.45) is 3.19. The Kier molecular flexibility index (Phi) is 6.55. The van der Waals surface area contributed by atoms with Crippen LogP contribution in [-0.2, 0) is 20.7 Å². The van der Waals surface area contributed by atoms with Crippen LogP contribution >= 0.6 is 0 Å². The third-order valence-electron chi connectivity index (χ3n) is 6.74. The highest BCUT2D eigenvalue weighted by atomic mass is 19.2. The summed E-state index contributed by atoms with van der Waals surface area (Å²) in [5.74, 6) is -2.39. The molecule has 2 aliphatic heterocycles. The van der Waals surface area contributed by atoms with Crippen molar-refractivity contribution < 1.29 is 23.1 Å². The summed E-state index contributed by atoms with van der Waals surface area (Å²) in [5, 5.41) is 0. The SMILES string of the molecule is NC(=O)[C@@H]1CCCN(C(=O)C2(Cc3cccc(-c4ccc(F)c(F)c4)c3)CCOCC2)C1. The molecule has 0 unspecified atom stereocenters. The lowest BCUT2D eigenvalue weighted by atomic mass is 9.73. The van der Waals surface area contributed by atoms with Crippen molar-refractivity contribution in [2.75, 3.05) is 26.3 Å². The molecule has 2 N–H and O–H groups in total. The van der Waals surface area contributed by atoms with Gasteiger partial charge in [0.25, 0.3) is 0 Å². The molecule has 0 bridgehead atoms. The number of benzene rings is 2. The van der Waals surface area contributed by atoms with Gasteiger partial charge in [0, 0.05) is 26.3 Å². The molecule has 2 amide bonds. The van der Waals surface area contributed by atoms with E-state index in [0.717, 1.165) is 23.6 Å². The Labute approximate surface area is 186 Å². The average molecular weight is 443 g/mol. The number of ether oxygens (including phenoxy) is 1. The average Bonchev–Trinajstić information content (AvgIpc) is 2.81. The van der Waals surface area contributed by atoms with E-state index >= 15 is 0 Å². The second-order valence-corrected chi connectivity index (χ2v) is 8.89. The molecule has 0 radical (unpaired) electrons. The van der Waals surface area contributed by atoms with Gasteiger partial charge in [0.1, 0.15) is 0 Å². The van der Waals surface area contributed by atoms with Crippen molar-refractivity contribution in [1.82, 2.24) is 4.90 Å². The number of piperidine rings is 1. The van der Waals surface area contributed by atoms with E-state index in [9.17, 15) is 18.4 Å². The summed E-state index contributed by atoms with van der Waals surface area (Å²) < 4.78 is 32.6. The van der Waals surface area contributed by atoms with Gasteiger partial charge >= 0.3 is 0 Å². The summed E-state index contributed by atoms with van der Waals surface area (Å²) in [6, 6.07) is 11.4. The monoisotopic (exact) mass is 442 g/mol. The minimum Gasteiger partial charge on any atom is -0.381 e. The van der Waals surface area contributed by atoms with Crippen molar-refractivity contribution in [2.24, 2.45) is 17.1 Å². The number of amides is 2. The number of hydrogen-bond donors (Lipinski definition) is 1. The van der Waals surface area contributed by atoms with Crippen LogP contribution in [0.4, 0.5) is 8.78 Å². The van der Waals surface area contributed by atoms with Crippen LogP contribution in [0.2, 0.25) is 0 Å². The molecule has 2 aromatic rings. The molecule has 0 aromatic heterocycles. The summed E-state index contributed by atoms with van der Waals surface area (Å²) in [6.45, 7) is 2.00. The van der Waals surface area contributed by atoms with Crippen LogP contribution < -0.4 is 5.73 Å². The van der Waals surface area contributed by atoms with E-state index in [1.165, 1.54) is 6.07 Å². The Balaban J connectivity index is 1.59. The molecule has 7 heteroatoms. The second-order valence-electron chi connectivity index (χ2n) is 8.89. The zero-order valence-electron chi connectivity index (χ0n) is 18.0. The summed E-state index contributed by atoms with van der Waals surface area (Å²) in [4.78, 5) is 27.2. The molecule has 2 fully saturated rings. The molecule has 32 heavy (non-hydrogen) atoms. The molecule has 2 aromatic carbocycles. The topological polar surface area (TPSA) is 72.6 Å². The van der Waals surface area contributed by atoms with Gasteiger partial charge in [-0.15, -0.1) is 0 Å². The van der Waals surface area contributed by atoms with Gasteiger partial charge in [-0.3, -0.25) is 9.59 Å². The van der Waals surface area contributed by atoms with Crippen molar-refractivity contribution in [3.8, 4) is 11.1 Å². The number of rotatable bonds is 5. The maximum atomic E-state index is 13.7. The first-order chi connectivity index (χ1) is 15.4. The van der Waals surface area contributed by atoms with Crippen LogP contribution in [0.25, 0.3) is 11.1 Å². The van der Waals surface area contributed by atoms with E-state index < -0.39 is 17.0 Å². The normalized spacial score (nSPS) is 20.7. The minimum atomic E-state index is -0.891. The van der Waals surface area contributed by atoms with E-state index in [-0.39, 0.29) is 17.7 Å². The largest absolute Gasteiger partial charge is 0.381 e. The van der Waals surface area contributed by atoms with Gasteiger partial charge in [-0.1, -0.05) is 30.3 Å². The van der Waals surface area contributed by atoms with Crippen molar-refractivity contribution >= 4 is 11.8 Å². The zero-order valence-corrected chi connectivity index (χ0v) is 18.0. The third-order valence-corrected chi connectivity index (χ3v) is 6.74. The molecule has 0 spiro atoms. The lowest BCUT2D eigenvalue weighted by Gasteiger charge is -2.42. The van der Waals surface area contributed by atoms with Gasteiger partial charge in [-0.2, -0.15) is 0 Å². The highest BCUT2D eigenvalue weighted by molar-refractivity contribution is 5.85. The Morgan fingerprint density at radius 1 is 1.06 bits per heavy atom. The number of halogens is 2. The van der Waals surface area contributed by atoms with E-state index in [1.807, 2.05) is 24.3 Å². The highest BCUT2D eigenvalue weighted by Crippen LogP contribution is 2.38. The van der Waals surface area contributed by atoms with E-state index in [1.54, 1.807) is 11.0 Å². The van der Waals surface area contributed by atoms with Crippen molar-refractivity contribution in [2.45, 2.75) is 32.1 Å². The Bertz CT molecular complexity index is 1000. The minimum absolute atomic E-state index is 0.0463. The maximum Gasteiger partial charge on any atom is 0.229 e. The van der Waals surface area contributed by atoms with Crippen LogP contribution in [0, 0.1) is 23.0 Å². The van der Waals surface area contributed by atoms with Gasteiger partial charge < -0.3 is 15.4 Å². The van der Waals surface area contributed by atoms with E-state index in [2.05, 4.69) is 0 Å². The second kappa shape index (κ2) is 9.36. The van der Waals surface area contributed by atoms with Gasteiger partial charge in [0.15, 0.2) is 11.6 Å². The first-order valence-corrected chi connectivity index (χ1v) is 11.1. The fourth-order valence-corrected chi connectivity index (χ4v) is 4.88. The number of likely N-dealkylation sites (tertiary alicyclic amines) is 1. The van der Waals surface area contributed by atoms with Gasteiger partial charge in [0.05, 0.1) is 11.3 Å². The number of carbonyl (C=O) groups is 2. The molecule has 2 saturated heterocycles. The predicted molar refractivity (Wildman–Crippen MR) is 116 cm³/mol. The molecule has 170 valence electrons. The Morgan fingerprint density at radius 2 is 1.81 bits per heavy atom. The van der Waals surface area contributed by atoms with Crippen LogP contribution in [-0.4, -0.2) is 43.0 Å². The molecule has 5 nitrogen and oxygen atoms in total. The Morgan fingerprint density at radius 3 is 2.53 bits per heavy atom. The molecule has 2 aliphatic rings. The molecule has 0 saturated carbocycles. The smallest absolute Gasteiger partial charge is 0.229 e. The third kappa shape index (κ3) is 4.67. The molecule has 4 rings (SSSR count). The standard InChI is InChI=1S/C25H28F2N2O3/c26-21-7-6-19(14-22(21)27)18-4-1-3-17(13-18)15-25(8-11-32-12-9-25)24(31)29-10-2-5-20(16-29)23(28)30/h1,3-4,6-7,13-14,20H,2,5,8-12,15-16H2,(H2,28,30)/t20-/m1/s1. The van der Waals surface area contributed by atoms with Crippen LogP contribution in [0.15, 0.2) is 42.5 Å². The van der Waals surface area contributed by atoms with Crippen molar-refractivity contribution in [3.63, 3.8) is 0 Å². The van der Waals surface area contributed by atoms with Gasteiger partial charge in [0.2, 0.25) is 11.8 Å². The number of nitrogens with zero attached hydrogens (tertiary/aromatic N) is 1. The van der Waals surface area contributed by atoms with Crippen LogP contribution in [0.1, 0.15) is 31.2 Å². The number of primary amides is 1. The molecular weight excluding hydrogens is 414 g/mol. The molecular formula is C25H28F2N2O3. The lowest BCUT2D eigenvalue weighted by molar-refractivity contribution is -0.150. The predicted octanol–water partition coefficient (Wildman–Crippen LogP) is 3.70. The highest BCUT2D eigenvalue weighted by Gasteiger charge is 2.44. The zero-order chi connectivity index (χ0) is 22.7. The summed E-state index contributed by atoms with van der Waals surface area (Å²) in [5.41, 5.74) is 7.19. The first-order valence-electron chi connectivity index (χ1n) is 11.1. The van der Waals surface area contributed by atoms with Crippen molar-refractivity contribution in [3.05, 3.63) is 59.7 Å². The lowest BCUT2D eigenvalue weighted by Crippen LogP contribution is -2.52. The maximum absolute atomic E-state index is 13.7. The molecule has 1 atom stereocenters. The summed E-state index contributed by atoms with van der Waals surface area (Å²) in [7, 11) is 0. The van der Waals surface area contributed by atoms with Crippen molar-refractivity contribution in [1.29, 1.82) is 0 Å². The molecule has 0 aliphatic carbocycles. The van der Waals surface area contributed by atoms with E-state index in [4.69, 9.17) is 10.5 Å². The fraction of sp³-hybridized carbons (Fsp3) is 0.440. The Hall–Kier alpha value is -2.80. The van der Waals surface area contributed by atoms with E-state index in [0.29, 0.717) is 57.6 Å². The number of hydrogen-bond acceptors (Lipinski definition) is 3. The first kappa shape index (κ1) is 22.4. The summed E-state index contributed by atoms with van der Waals surface area (Å²) >= 11 is 0. The number of nitrogens with two attached hydrogens (primary N) is 1. The number of carbonyl (C=O) groups excluding carboxylic acids is 2.